The van der Waals surface area contributed by atoms with Crippen LogP contribution in [-0.2, 0) is 4.74 Å². The molecule has 1 heterocycles. The zero-order valence-corrected chi connectivity index (χ0v) is 11.1. The van der Waals surface area contributed by atoms with Gasteiger partial charge in [-0.2, -0.15) is 0 Å². The number of rotatable bonds is 4. The third-order valence-corrected chi connectivity index (χ3v) is 3.51. The topological polar surface area (TPSA) is 21.3 Å². The lowest BCUT2D eigenvalue weighted by Gasteiger charge is -2.18. The van der Waals surface area contributed by atoms with Gasteiger partial charge in [-0.3, -0.25) is 0 Å². The summed E-state index contributed by atoms with van der Waals surface area (Å²) in [4.78, 5) is 0. The number of hydrogen-bond donors (Lipinski definition) is 1. The second-order valence-electron chi connectivity index (χ2n) is 5.19. The quantitative estimate of drug-likeness (QED) is 0.862. The van der Waals surface area contributed by atoms with Crippen molar-refractivity contribution in [2.24, 2.45) is 0 Å². The van der Waals surface area contributed by atoms with E-state index in [9.17, 15) is 0 Å². The van der Waals surface area contributed by atoms with Crippen molar-refractivity contribution in [3.05, 3.63) is 35.4 Å². The minimum absolute atomic E-state index is 0.398. The summed E-state index contributed by atoms with van der Waals surface area (Å²) in [5.74, 6) is 0. The predicted octanol–water partition coefficient (Wildman–Crippen LogP) is 3.21. The van der Waals surface area contributed by atoms with Gasteiger partial charge in [-0.1, -0.05) is 29.8 Å². The molecule has 1 N–H and O–H groups in total. The first-order valence-electron chi connectivity index (χ1n) is 6.60. The average molecular weight is 233 g/mol. The van der Waals surface area contributed by atoms with E-state index in [0.717, 1.165) is 6.54 Å². The monoisotopic (exact) mass is 233 g/mol. The SMILES string of the molecule is Cc1cccc([C@@H](C)NCC2CCC(C)O2)c1. The minimum Gasteiger partial charge on any atom is -0.374 e. The van der Waals surface area contributed by atoms with Crippen LogP contribution < -0.4 is 5.32 Å². The summed E-state index contributed by atoms with van der Waals surface area (Å²) in [5.41, 5.74) is 2.68. The average Bonchev–Trinajstić information content (AvgIpc) is 2.72. The molecule has 1 aliphatic rings. The summed E-state index contributed by atoms with van der Waals surface area (Å²) in [7, 11) is 0. The van der Waals surface area contributed by atoms with E-state index in [1.165, 1.54) is 24.0 Å². The van der Waals surface area contributed by atoms with Crippen LogP contribution in [0.3, 0.4) is 0 Å². The minimum atomic E-state index is 0.398. The van der Waals surface area contributed by atoms with Gasteiger partial charge >= 0.3 is 0 Å². The van der Waals surface area contributed by atoms with E-state index in [1.807, 2.05) is 0 Å². The number of benzene rings is 1. The molecule has 1 aromatic carbocycles. The highest BCUT2D eigenvalue weighted by Crippen LogP contribution is 2.20. The molecule has 0 spiro atoms. The van der Waals surface area contributed by atoms with E-state index in [1.54, 1.807) is 0 Å². The first-order chi connectivity index (χ1) is 8.15. The van der Waals surface area contributed by atoms with E-state index in [4.69, 9.17) is 4.74 Å². The largest absolute Gasteiger partial charge is 0.374 e. The fraction of sp³-hybridized carbons (Fsp3) is 0.600. The van der Waals surface area contributed by atoms with Gasteiger partial charge in [-0.25, -0.2) is 0 Å². The van der Waals surface area contributed by atoms with Crippen molar-refractivity contribution in [2.75, 3.05) is 6.54 Å². The van der Waals surface area contributed by atoms with E-state index in [2.05, 4.69) is 50.4 Å². The highest BCUT2D eigenvalue weighted by Gasteiger charge is 2.21. The maximum absolute atomic E-state index is 5.81. The summed E-state index contributed by atoms with van der Waals surface area (Å²) in [6.07, 6.45) is 3.23. The Balaban J connectivity index is 1.83. The van der Waals surface area contributed by atoms with Gasteiger partial charge in [-0.15, -0.1) is 0 Å². The Morgan fingerprint density at radius 3 is 2.88 bits per heavy atom. The van der Waals surface area contributed by atoms with Crippen molar-refractivity contribution >= 4 is 0 Å². The lowest BCUT2D eigenvalue weighted by molar-refractivity contribution is 0.0546. The van der Waals surface area contributed by atoms with Crippen molar-refractivity contribution in [1.29, 1.82) is 0 Å². The second-order valence-corrected chi connectivity index (χ2v) is 5.19. The first kappa shape index (κ1) is 12.6. The van der Waals surface area contributed by atoms with Gasteiger partial charge in [0.15, 0.2) is 0 Å². The van der Waals surface area contributed by atoms with Crippen LogP contribution in [0.25, 0.3) is 0 Å². The van der Waals surface area contributed by atoms with Gasteiger partial charge in [0.1, 0.15) is 0 Å². The molecule has 1 saturated heterocycles. The van der Waals surface area contributed by atoms with Gasteiger partial charge in [0, 0.05) is 12.6 Å². The van der Waals surface area contributed by atoms with Crippen molar-refractivity contribution in [3.63, 3.8) is 0 Å². The van der Waals surface area contributed by atoms with Crippen LogP contribution in [0.15, 0.2) is 24.3 Å². The molecule has 2 unspecified atom stereocenters. The summed E-state index contributed by atoms with van der Waals surface area (Å²) in [6.45, 7) is 7.47. The molecular formula is C15H23NO. The number of ether oxygens (including phenoxy) is 1. The molecule has 0 radical (unpaired) electrons. The highest BCUT2D eigenvalue weighted by molar-refractivity contribution is 5.24. The normalized spacial score (nSPS) is 26.1. The van der Waals surface area contributed by atoms with E-state index in [0.29, 0.717) is 18.2 Å². The van der Waals surface area contributed by atoms with Crippen LogP contribution in [0.1, 0.15) is 43.9 Å². The molecule has 2 nitrogen and oxygen atoms in total. The maximum atomic E-state index is 5.81. The second kappa shape index (κ2) is 5.65. The van der Waals surface area contributed by atoms with Crippen LogP contribution in [0.4, 0.5) is 0 Å². The van der Waals surface area contributed by atoms with Crippen LogP contribution in [0.5, 0.6) is 0 Å². The van der Waals surface area contributed by atoms with Gasteiger partial charge < -0.3 is 10.1 Å². The molecule has 1 fully saturated rings. The lowest BCUT2D eigenvalue weighted by Crippen LogP contribution is -2.29. The summed E-state index contributed by atoms with van der Waals surface area (Å²) >= 11 is 0. The fourth-order valence-corrected chi connectivity index (χ4v) is 2.40. The van der Waals surface area contributed by atoms with Crippen LogP contribution in [0, 0.1) is 6.92 Å². The standard InChI is InChI=1S/C15H23NO/c1-11-5-4-6-14(9-11)13(3)16-10-15-8-7-12(2)17-15/h4-6,9,12-13,15-16H,7-8,10H2,1-3H3/t12?,13-,15?/m1/s1. The maximum Gasteiger partial charge on any atom is 0.0704 e. The zero-order valence-electron chi connectivity index (χ0n) is 11.1. The molecule has 0 aliphatic carbocycles. The van der Waals surface area contributed by atoms with Gasteiger partial charge in [-0.05, 0) is 39.2 Å². The van der Waals surface area contributed by atoms with Gasteiger partial charge in [0.05, 0.1) is 12.2 Å². The summed E-state index contributed by atoms with van der Waals surface area (Å²) in [6, 6.07) is 9.09. The lowest BCUT2D eigenvalue weighted by atomic mass is 10.1. The molecule has 94 valence electrons. The first-order valence-corrected chi connectivity index (χ1v) is 6.60. The van der Waals surface area contributed by atoms with E-state index in [-0.39, 0.29) is 0 Å². The Kier molecular flexibility index (Phi) is 4.19. The molecule has 2 rings (SSSR count). The zero-order chi connectivity index (χ0) is 12.3. The Hall–Kier alpha value is -0.860. The molecule has 1 aliphatic heterocycles. The van der Waals surface area contributed by atoms with Crippen molar-refractivity contribution in [1.82, 2.24) is 5.32 Å². The van der Waals surface area contributed by atoms with Crippen LogP contribution in [-0.4, -0.2) is 18.8 Å². The molecule has 0 bridgehead atoms. The molecule has 1 aromatic rings. The Morgan fingerprint density at radius 2 is 2.24 bits per heavy atom. The molecule has 17 heavy (non-hydrogen) atoms. The van der Waals surface area contributed by atoms with Crippen molar-refractivity contribution < 1.29 is 4.74 Å². The number of nitrogens with one attached hydrogen (secondary N) is 1. The van der Waals surface area contributed by atoms with Crippen LogP contribution >= 0.6 is 0 Å². The number of hydrogen-bond acceptors (Lipinski definition) is 2. The van der Waals surface area contributed by atoms with E-state index < -0.39 is 0 Å². The highest BCUT2D eigenvalue weighted by atomic mass is 16.5. The molecule has 3 atom stereocenters. The Bertz CT molecular complexity index is 364. The van der Waals surface area contributed by atoms with E-state index >= 15 is 0 Å². The molecule has 0 saturated carbocycles. The number of aryl methyl sites for hydroxylation is 1. The smallest absolute Gasteiger partial charge is 0.0704 e. The Morgan fingerprint density at radius 1 is 1.41 bits per heavy atom. The fourth-order valence-electron chi connectivity index (χ4n) is 2.40. The van der Waals surface area contributed by atoms with Crippen molar-refractivity contribution in [2.45, 2.75) is 51.9 Å². The third kappa shape index (κ3) is 3.55. The predicted molar refractivity (Wildman–Crippen MR) is 71.2 cm³/mol. The molecule has 0 amide bonds. The van der Waals surface area contributed by atoms with Gasteiger partial charge in [0.25, 0.3) is 0 Å². The molecule has 2 heteroatoms. The Labute approximate surface area is 104 Å². The van der Waals surface area contributed by atoms with Crippen molar-refractivity contribution in [3.8, 4) is 0 Å². The summed E-state index contributed by atoms with van der Waals surface area (Å²) in [5, 5.41) is 3.56. The third-order valence-electron chi connectivity index (χ3n) is 3.51. The molecule has 0 aromatic heterocycles. The molecular weight excluding hydrogens is 210 g/mol. The van der Waals surface area contributed by atoms with Crippen LogP contribution in [0.2, 0.25) is 0 Å². The summed E-state index contributed by atoms with van der Waals surface area (Å²) < 4.78 is 5.81. The van der Waals surface area contributed by atoms with Gasteiger partial charge in [0.2, 0.25) is 0 Å².